The van der Waals surface area contributed by atoms with Gasteiger partial charge in [0.05, 0.1) is 0 Å². The van der Waals surface area contributed by atoms with E-state index in [0.717, 1.165) is 16.7 Å². The molecule has 1 aromatic carbocycles. The average molecular weight is 226 g/mol. The zero-order valence-electron chi connectivity index (χ0n) is 7.10. The lowest BCUT2D eigenvalue weighted by molar-refractivity contribution is 1.30. The second-order valence-electron chi connectivity index (χ2n) is 2.69. The molecule has 0 heterocycles. The molecule has 0 radical (unpaired) electrons. The molecule has 0 saturated heterocycles. The third kappa shape index (κ3) is 2.70. The molecular weight excluding hydrogens is 214 g/mol. The Bertz CT molecular complexity index is 281. The van der Waals surface area contributed by atoms with Crippen LogP contribution in [0, 0.1) is 6.92 Å². The maximum Gasteiger partial charge on any atom is 0.0460 e. The van der Waals surface area contributed by atoms with Crippen LogP contribution in [0.25, 0.3) is 0 Å². The fourth-order valence-corrected chi connectivity index (χ4v) is 1.10. The highest BCUT2D eigenvalue weighted by Crippen LogP contribution is 2.14. The van der Waals surface area contributed by atoms with Crippen LogP contribution in [0.3, 0.4) is 0 Å². The molecule has 2 heteroatoms. The number of benzene rings is 1. The summed E-state index contributed by atoms with van der Waals surface area (Å²) < 4.78 is 0.964. The van der Waals surface area contributed by atoms with Gasteiger partial charge in [-0.2, -0.15) is 0 Å². The zero-order chi connectivity index (χ0) is 8.97. The van der Waals surface area contributed by atoms with Crippen LogP contribution in [0.1, 0.15) is 5.56 Å². The Labute approximate surface area is 81.6 Å². The third-order valence-corrected chi connectivity index (χ3v) is 1.90. The molecule has 1 aromatic rings. The number of halogens is 1. The van der Waals surface area contributed by atoms with Crippen molar-refractivity contribution in [1.82, 2.24) is 0 Å². The van der Waals surface area contributed by atoms with Gasteiger partial charge in [0.15, 0.2) is 0 Å². The maximum atomic E-state index is 3.75. The fourth-order valence-electron chi connectivity index (χ4n) is 0.962. The lowest BCUT2D eigenvalue weighted by Gasteiger charge is -2.07. The van der Waals surface area contributed by atoms with Crippen molar-refractivity contribution in [2.75, 3.05) is 11.9 Å². The highest BCUT2D eigenvalue weighted by Gasteiger charge is 1.94. The molecule has 64 valence electrons. The van der Waals surface area contributed by atoms with Crippen molar-refractivity contribution >= 4 is 21.6 Å². The van der Waals surface area contributed by atoms with E-state index in [1.807, 2.05) is 12.1 Å². The molecule has 12 heavy (non-hydrogen) atoms. The number of nitrogens with one attached hydrogen (secondary N) is 1. The first-order valence-electron chi connectivity index (χ1n) is 3.83. The highest BCUT2D eigenvalue weighted by atomic mass is 79.9. The van der Waals surface area contributed by atoms with Crippen LogP contribution in [0.5, 0.6) is 0 Å². The van der Waals surface area contributed by atoms with E-state index in [0.29, 0.717) is 0 Å². The molecule has 0 aliphatic rings. The van der Waals surface area contributed by atoms with E-state index in [-0.39, 0.29) is 0 Å². The minimum Gasteiger partial charge on any atom is -0.380 e. The van der Waals surface area contributed by atoms with Gasteiger partial charge in [0.25, 0.3) is 0 Å². The first kappa shape index (κ1) is 9.33. The number of rotatable bonds is 3. The van der Waals surface area contributed by atoms with E-state index in [1.54, 1.807) is 0 Å². The van der Waals surface area contributed by atoms with Gasteiger partial charge in [0.1, 0.15) is 0 Å². The molecule has 0 aliphatic carbocycles. The summed E-state index contributed by atoms with van der Waals surface area (Å²) in [7, 11) is 0. The van der Waals surface area contributed by atoms with Crippen LogP contribution in [0.4, 0.5) is 5.69 Å². The predicted molar refractivity (Wildman–Crippen MR) is 57.7 cm³/mol. The predicted octanol–water partition coefficient (Wildman–Crippen LogP) is 3.32. The summed E-state index contributed by atoms with van der Waals surface area (Å²) in [6, 6.07) is 8.19. The molecule has 0 aromatic heterocycles. The summed E-state index contributed by atoms with van der Waals surface area (Å²) in [5, 5.41) is 3.27. The number of para-hydroxylation sites is 1. The number of hydrogen-bond donors (Lipinski definition) is 1. The topological polar surface area (TPSA) is 12.0 Å². The lowest BCUT2D eigenvalue weighted by Crippen LogP contribution is -2.01. The van der Waals surface area contributed by atoms with Gasteiger partial charge < -0.3 is 5.32 Å². The summed E-state index contributed by atoms with van der Waals surface area (Å²) in [6.07, 6.45) is 0. The summed E-state index contributed by atoms with van der Waals surface area (Å²) in [6.45, 7) is 6.61. The van der Waals surface area contributed by atoms with E-state index in [9.17, 15) is 0 Å². The van der Waals surface area contributed by atoms with Gasteiger partial charge in [-0.25, -0.2) is 0 Å². The molecular formula is C10H12BrN. The van der Waals surface area contributed by atoms with Gasteiger partial charge in [-0.15, -0.1) is 0 Å². The van der Waals surface area contributed by atoms with Crippen molar-refractivity contribution in [1.29, 1.82) is 0 Å². The Balaban J connectivity index is 2.63. The molecule has 0 saturated carbocycles. The van der Waals surface area contributed by atoms with E-state index < -0.39 is 0 Å². The summed E-state index contributed by atoms with van der Waals surface area (Å²) in [4.78, 5) is 0. The Morgan fingerprint density at radius 3 is 2.75 bits per heavy atom. The largest absolute Gasteiger partial charge is 0.380 e. The van der Waals surface area contributed by atoms with Gasteiger partial charge in [0, 0.05) is 16.7 Å². The molecule has 1 rings (SSSR count). The van der Waals surface area contributed by atoms with E-state index in [1.165, 1.54) is 5.56 Å². The Morgan fingerprint density at radius 2 is 2.17 bits per heavy atom. The van der Waals surface area contributed by atoms with Crippen molar-refractivity contribution in [2.45, 2.75) is 6.92 Å². The Hall–Kier alpha value is -0.760. The van der Waals surface area contributed by atoms with E-state index >= 15 is 0 Å². The van der Waals surface area contributed by atoms with Crippen molar-refractivity contribution in [3.05, 3.63) is 40.9 Å². The fraction of sp³-hybridized carbons (Fsp3) is 0.200. The van der Waals surface area contributed by atoms with Gasteiger partial charge in [-0.1, -0.05) is 40.7 Å². The van der Waals surface area contributed by atoms with Crippen LogP contribution >= 0.6 is 15.9 Å². The van der Waals surface area contributed by atoms with Crippen molar-refractivity contribution < 1.29 is 0 Å². The highest BCUT2D eigenvalue weighted by molar-refractivity contribution is 9.11. The van der Waals surface area contributed by atoms with Crippen LogP contribution in [0.15, 0.2) is 35.3 Å². The molecule has 0 bridgehead atoms. The normalized spacial score (nSPS) is 9.50. The number of aryl methyl sites for hydroxylation is 1. The first-order chi connectivity index (χ1) is 5.70. The van der Waals surface area contributed by atoms with E-state index in [2.05, 4.69) is 46.9 Å². The Morgan fingerprint density at radius 1 is 1.50 bits per heavy atom. The standard InChI is InChI=1S/C10H12BrN/c1-8-5-3-4-6-10(8)12-7-9(2)11/h3-6,12H,2,7H2,1H3. The minimum atomic E-state index is 0.769. The second-order valence-corrected chi connectivity index (χ2v) is 3.81. The summed E-state index contributed by atoms with van der Waals surface area (Å²) in [5.41, 5.74) is 2.42. The summed E-state index contributed by atoms with van der Waals surface area (Å²) >= 11 is 3.30. The Kier molecular flexibility index (Phi) is 3.35. The number of hydrogen-bond acceptors (Lipinski definition) is 1. The molecule has 1 N–H and O–H groups in total. The van der Waals surface area contributed by atoms with Crippen LogP contribution < -0.4 is 5.32 Å². The maximum absolute atomic E-state index is 3.75. The van der Waals surface area contributed by atoms with Crippen LogP contribution in [-0.2, 0) is 0 Å². The van der Waals surface area contributed by atoms with Crippen molar-refractivity contribution in [3.63, 3.8) is 0 Å². The average Bonchev–Trinajstić information content (AvgIpc) is 2.03. The number of anilines is 1. The summed E-state index contributed by atoms with van der Waals surface area (Å²) in [5.74, 6) is 0. The zero-order valence-corrected chi connectivity index (χ0v) is 8.69. The smallest absolute Gasteiger partial charge is 0.0460 e. The second kappa shape index (κ2) is 4.31. The van der Waals surface area contributed by atoms with E-state index in [4.69, 9.17) is 0 Å². The van der Waals surface area contributed by atoms with Gasteiger partial charge in [-0.3, -0.25) is 0 Å². The minimum absolute atomic E-state index is 0.769. The quantitative estimate of drug-likeness (QED) is 0.833. The molecule has 0 atom stereocenters. The molecule has 0 spiro atoms. The van der Waals surface area contributed by atoms with Crippen molar-refractivity contribution in [3.8, 4) is 0 Å². The van der Waals surface area contributed by atoms with Crippen molar-refractivity contribution in [2.24, 2.45) is 0 Å². The monoisotopic (exact) mass is 225 g/mol. The van der Waals surface area contributed by atoms with Gasteiger partial charge >= 0.3 is 0 Å². The lowest BCUT2D eigenvalue weighted by atomic mass is 10.2. The first-order valence-corrected chi connectivity index (χ1v) is 4.62. The molecule has 1 nitrogen and oxygen atoms in total. The van der Waals surface area contributed by atoms with Crippen LogP contribution in [0.2, 0.25) is 0 Å². The van der Waals surface area contributed by atoms with Gasteiger partial charge in [0.2, 0.25) is 0 Å². The third-order valence-electron chi connectivity index (χ3n) is 1.62. The molecule has 0 unspecified atom stereocenters. The molecule has 0 aliphatic heterocycles. The van der Waals surface area contributed by atoms with Gasteiger partial charge in [-0.05, 0) is 18.6 Å². The molecule has 0 fully saturated rings. The molecule has 0 amide bonds. The van der Waals surface area contributed by atoms with Crippen LogP contribution in [-0.4, -0.2) is 6.54 Å². The SMILES string of the molecule is C=C(Br)CNc1ccccc1C.